The van der Waals surface area contributed by atoms with Gasteiger partial charge in [-0.1, -0.05) is 41.1 Å². The summed E-state index contributed by atoms with van der Waals surface area (Å²) in [5, 5.41) is 9.54. The van der Waals surface area contributed by atoms with Crippen LogP contribution >= 0.6 is 23.4 Å². The van der Waals surface area contributed by atoms with Crippen LogP contribution in [0.2, 0.25) is 5.02 Å². The molecule has 1 aromatic heterocycles. The van der Waals surface area contributed by atoms with E-state index in [2.05, 4.69) is 10.2 Å². The molecule has 0 bridgehead atoms. The first kappa shape index (κ1) is 18.5. The highest BCUT2D eigenvalue weighted by Crippen LogP contribution is 2.31. The van der Waals surface area contributed by atoms with E-state index in [-0.39, 0.29) is 5.97 Å². The molecule has 0 fully saturated rings. The minimum absolute atomic E-state index is 0.304. The van der Waals surface area contributed by atoms with Gasteiger partial charge in [0.1, 0.15) is 5.25 Å². The molecule has 0 aliphatic carbocycles. The molecule has 1 unspecified atom stereocenters. The van der Waals surface area contributed by atoms with Crippen LogP contribution in [-0.2, 0) is 9.53 Å². The number of esters is 1. The van der Waals surface area contributed by atoms with Gasteiger partial charge in [0, 0.05) is 16.3 Å². The Balaban J connectivity index is 2.09. The molecule has 7 heteroatoms. The molecule has 0 spiro atoms. The first-order valence-corrected chi connectivity index (χ1v) is 9.28. The Morgan fingerprint density at radius 2 is 1.77 bits per heavy atom. The third-order valence-corrected chi connectivity index (χ3v) is 5.12. The highest BCUT2D eigenvalue weighted by molar-refractivity contribution is 8.00. The number of ether oxygens (including phenoxy) is 1. The Morgan fingerprint density at radius 1 is 1.12 bits per heavy atom. The largest absolute Gasteiger partial charge is 0.468 e. The van der Waals surface area contributed by atoms with Crippen molar-refractivity contribution in [2.45, 2.75) is 24.3 Å². The molecular weight excluding hydrogens is 370 g/mol. The number of thioether (sulfide) groups is 1. The van der Waals surface area contributed by atoms with Gasteiger partial charge in [0.05, 0.1) is 7.11 Å². The van der Waals surface area contributed by atoms with E-state index < -0.39 is 5.25 Å². The molecule has 26 heavy (non-hydrogen) atoms. The number of halogens is 1. The molecule has 0 saturated carbocycles. The highest BCUT2D eigenvalue weighted by atomic mass is 35.5. The molecular formula is C19H18ClN3O2S. The number of aromatic nitrogens is 3. The highest BCUT2D eigenvalue weighted by Gasteiger charge is 2.22. The summed E-state index contributed by atoms with van der Waals surface area (Å²) in [7, 11) is 1.38. The van der Waals surface area contributed by atoms with Gasteiger partial charge in [0.2, 0.25) is 0 Å². The number of methoxy groups -OCH3 is 1. The summed E-state index contributed by atoms with van der Waals surface area (Å²) in [6.07, 6.45) is 0. The van der Waals surface area contributed by atoms with Gasteiger partial charge >= 0.3 is 5.97 Å². The summed E-state index contributed by atoms with van der Waals surface area (Å²) in [5.74, 6) is 0.381. The van der Waals surface area contributed by atoms with Gasteiger partial charge in [0.25, 0.3) is 0 Å². The molecule has 134 valence electrons. The molecule has 0 saturated heterocycles. The van der Waals surface area contributed by atoms with Crippen molar-refractivity contribution in [3.05, 3.63) is 59.1 Å². The third-order valence-electron chi connectivity index (χ3n) is 3.84. The quantitative estimate of drug-likeness (QED) is 0.474. The Labute approximate surface area is 161 Å². The number of nitrogens with zero attached hydrogens (tertiary/aromatic N) is 3. The topological polar surface area (TPSA) is 57.0 Å². The molecule has 0 aliphatic heterocycles. The summed E-state index contributed by atoms with van der Waals surface area (Å²) >= 11 is 7.31. The average Bonchev–Trinajstić information content (AvgIpc) is 3.05. The lowest BCUT2D eigenvalue weighted by Crippen LogP contribution is -2.15. The van der Waals surface area contributed by atoms with E-state index in [0.717, 1.165) is 16.8 Å². The second-order valence-corrected chi connectivity index (χ2v) is 7.51. The van der Waals surface area contributed by atoms with E-state index in [1.54, 1.807) is 6.92 Å². The fourth-order valence-electron chi connectivity index (χ4n) is 2.43. The molecule has 2 aromatic carbocycles. The number of aryl methyl sites for hydroxylation is 1. The zero-order chi connectivity index (χ0) is 18.7. The molecule has 3 rings (SSSR count). The third kappa shape index (κ3) is 3.92. The van der Waals surface area contributed by atoms with Crippen LogP contribution in [0.1, 0.15) is 12.5 Å². The SMILES string of the molecule is COC(=O)C(C)Sc1nnc(-c2ccc(Cl)cc2)n1-c1ccc(C)cc1. The Bertz CT molecular complexity index is 908. The van der Waals surface area contributed by atoms with Crippen LogP contribution in [0.3, 0.4) is 0 Å². The first-order valence-electron chi connectivity index (χ1n) is 8.02. The lowest BCUT2D eigenvalue weighted by Gasteiger charge is -2.13. The molecule has 3 aromatic rings. The summed E-state index contributed by atoms with van der Waals surface area (Å²) in [4.78, 5) is 11.8. The van der Waals surface area contributed by atoms with Crippen LogP contribution in [0.5, 0.6) is 0 Å². The first-order chi connectivity index (χ1) is 12.5. The van der Waals surface area contributed by atoms with Crippen LogP contribution in [-0.4, -0.2) is 33.1 Å². The predicted molar refractivity (Wildman–Crippen MR) is 104 cm³/mol. The average molecular weight is 388 g/mol. The molecule has 0 amide bonds. The maximum absolute atomic E-state index is 11.8. The molecule has 0 aliphatic rings. The number of hydrogen-bond acceptors (Lipinski definition) is 5. The van der Waals surface area contributed by atoms with E-state index >= 15 is 0 Å². The van der Waals surface area contributed by atoms with Crippen molar-refractivity contribution in [2.24, 2.45) is 0 Å². The van der Waals surface area contributed by atoms with Crippen LogP contribution in [0.4, 0.5) is 0 Å². The number of hydrogen-bond donors (Lipinski definition) is 0. The summed E-state index contributed by atoms with van der Waals surface area (Å²) in [5.41, 5.74) is 2.97. The predicted octanol–water partition coefficient (Wildman–Crippen LogP) is 4.55. The van der Waals surface area contributed by atoms with Crippen molar-refractivity contribution in [1.29, 1.82) is 0 Å². The maximum atomic E-state index is 11.8. The number of carbonyl (C=O) groups excluding carboxylic acids is 1. The van der Waals surface area contributed by atoms with Crippen molar-refractivity contribution >= 4 is 29.3 Å². The van der Waals surface area contributed by atoms with E-state index in [4.69, 9.17) is 16.3 Å². The van der Waals surface area contributed by atoms with Gasteiger partial charge in [-0.05, 0) is 50.2 Å². The second kappa shape index (κ2) is 7.93. The summed E-state index contributed by atoms with van der Waals surface area (Å²) in [6.45, 7) is 3.82. The van der Waals surface area contributed by atoms with E-state index in [1.165, 1.54) is 18.9 Å². The van der Waals surface area contributed by atoms with Crippen LogP contribution in [0.15, 0.2) is 53.7 Å². The molecule has 1 heterocycles. The lowest BCUT2D eigenvalue weighted by molar-refractivity contribution is -0.139. The van der Waals surface area contributed by atoms with Crippen molar-refractivity contribution in [3.8, 4) is 17.1 Å². The van der Waals surface area contributed by atoms with Crippen molar-refractivity contribution in [1.82, 2.24) is 14.8 Å². The van der Waals surface area contributed by atoms with Gasteiger partial charge in [-0.2, -0.15) is 0 Å². The molecule has 0 N–H and O–H groups in total. The Hall–Kier alpha value is -2.31. The monoisotopic (exact) mass is 387 g/mol. The van der Waals surface area contributed by atoms with Gasteiger partial charge in [0.15, 0.2) is 11.0 Å². The standard InChI is InChI=1S/C19H18ClN3O2S/c1-12-4-10-16(11-5-12)23-17(14-6-8-15(20)9-7-14)21-22-19(23)26-13(2)18(24)25-3/h4-11,13H,1-3H3. The molecule has 0 radical (unpaired) electrons. The number of carbonyl (C=O) groups is 1. The van der Waals surface area contributed by atoms with Crippen LogP contribution < -0.4 is 0 Å². The second-order valence-electron chi connectivity index (χ2n) is 5.77. The van der Waals surface area contributed by atoms with E-state index in [0.29, 0.717) is 16.0 Å². The smallest absolute Gasteiger partial charge is 0.318 e. The van der Waals surface area contributed by atoms with Crippen molar-refractivity contribution in [2.75, 3.05) is 7.11 Å². The Kier molecular flexibility index (Phi) is 5.64. The Morgan fingerprint density at radius 3 is 2.38 bits per heavy atom. The van der Waals surface area contributed by atoms with Gasteiger partial charge in [-0.25, -0.2) is 0 Å². The summed E-state index contributed by atoms with van der Waals surface area (Å²) in [6, 6.07) is 15.5. The fraction of sp³-hybridized carbons (Fsp3) is 0.211. The minimum Gasteiger partial charge on any atom is -0.468 e. The van der Waals surface area contributed by atoms with Crippen molar-refractivity contribution < 1.29 is 9.53 Å². The normalized spacial score (nSPS) is 12.0. The van der Waals surface area contributed by atoms with E-state index in [9.17, 15) is 4.79 Å². The zero-order valence-corrected chi connectivity index (χ0v) is 16.2. The van der Waals surface area contributed by atoms with Gasteiger partial charge < -0.3 is 4.74 Å². The van der Waals surface area contributed by atoms with Gasteiger partial charge in [-0.15, -0.1) is 10.2 Å². The lowest BCUT2D eigenvalue weighted by atomic mass is 10.2. The van der Waals surface area contributed by atoms with Gasteiger partial charge in [-0.3, -0.25) is 9.36 Å². The van der Waals surface area contributed by atoms with Crippen LogP contribution in [0.25, 0.3) is 17.1 Å². The fourth-order valence-corrected chi connectivity index (χ4v) is 3.45. The maximum Gasteiger partial charge on any atom is 0.318 e. The summed E-state index contributed by atoms with van der Waals surface area (Å²) < 4.78 is 6.76. The zero-order valence-electron chi connectivity index (χ0n) is 14.6. The molecule has 5 nitrogen and oxygen atoms in total. The van der Waals surface area contributed by atoms with Crippen molar-refractivity contribution in [3.63, 3.8) is 0 Å². The molecule has 1 atom stereocenters. The van der Waals surface area contributed by atoms with E-state index in [1.807, 2.05) is 60.0 Å². The number of benzene rings is 2. The minimum atomic E-state index is -0.397. The number of rotatable bonds is 5. The van der Waals surface area contributed by atoms with Crippen LogP contribution in [0, 0.1) is 6.92 Å².